The molecule has 0 saturated carbocycles. The number of rotatable bonds is 9. The summed E-state index contributed by atoms with van der Waals surface area (Å²) in [7, 11) is -0.186. The summed E-state index contributed by atoms with van der Waals surface area (Å²) in [5.41, 5.74) is 5.02. The lowest BCUT2D eigenvalue weighted by atomic mass is 9.84. The number of carbonyl (C=O) groups excluding carboxylic acids is 1. The Morgan fingerprint density at radius 3 is 2.25 bits per heavy atom. The zero-order chi connectivity index (χ0) is 21.4. The third kappa shape index (κ3) is 7.81. The molecule has 2 nitrogen and oxygen atoms in total. The second kappa shape index (κ2) is 10.3. The predicted molar refractivity (Wildman–Crippen MR) is 123 cm³/mol. The maximum atomic E-state index is 11.7. The van der Waals surface area contributed by atoms with Crippen molar-refractivity contribution in [1.29, 1.82) is 0 Å². The van der Waals surface area contributed by atoms with Crippen LogP contribution in [0, 0.1) is 5.41 Å². The molecule has 156 valence electrons. The number of esters is 1. The molecule has 0 aromatic heterocycles. The van der Waals surface area contributed by atoms with E-state index in [9.17, 15) is 4.79 Å². The maximum Gasteiger partial charge on any atom is 0.306 e. The van der Waals surface area contributed by atoms with Crippen LogP contribution >= 0.6 is 0 Å². The fraction of sp³-hybridized carbons (Fsp3) is 0.600. The van der Waals surface area contributed by atoms with Gasteiger partial charge in [0.1, 0.15) is 0 Å². The third-order valence-electron chi connectivity index (χ3n) is 6.23. The summed E-state index contributed by atoms with van der Waals surface area (Å²) >= 11 is 0. The highest BCUT2D eigenvalue weighted by Crippen LogP contribution is 2.43. The van der Waals surface area contributed by atoms with E-state index in [0.29, 0.717) is 6.42 Å². The van der Waals surface area contributed by atoms with E-state index in [2.05, 4.69) is 89.9 Å². The van der Waals surface area contributed by atoms with Crippen LogP contribution in [0.25, 0.3) is 0 Å². The van der Waals surface area contributed by atoms with Gasteiger partial charge in [0.05, 0.1) is 21.6 Å². The lowest BCUT2D eigenvalue weighted by Gasteiger charge is -2.39. The van der Waals surface area contributed by atoms with Gasteiger partial charge in [0.2, 0.25) is 0 Å². The molecule has 0 N–H and O–H groups in total. The number of carbonyl (C=O) groups is 1. The highest BCUT2D eigenvalue weighted by Gasteiger charge is 2.39. The van der Waals surface area contributed by atoms with E-state index in [0.717, 1.165) is 25.7 Å². The first-order chi connectivity index (χ1) is 12.9. The fourth-order valence-electron chi connectivity index (χ4n) is 3.11. The van der Waals surface area contributed by atoms with Crippen molar-refractivity contribution in [1.82, 2.24) is 0 Å². The topological polar surface area (TPSA) is 26.3 Å². The van der Waals surface area contributed by atoms with Gasteiger partial charge in [-0.2, -0.15) is 0 Å². The van der Waals surface area contributed by atoms with Crippen molar-refractivity contribution in [2.75, 3.05) is 7.11 Å². The second-order valence-electron chi connectivity index (χ2n) is 10.1. The fourth-order valence-corrected chi connectivity index (χ4v) is 5.23. The van der Waals surface area contributed by atoms with Gasteiger partial charge in [-0.1, -0.05) is 78.0 Å². The van der Waals surface area contributed by atoms with Crippen molar-refractivity contribution >= 4 is 14.0 Å². The average Bonchev–Trinajstić information content (AvgIpc) is 2.60. The van der Waals surface area contributed by atoms with Gasteiger partial charge in [0.25, 0.3) is 0 Å². The minimum Gasteiger partial charge on any atom is -0.469 e. The number of benzene rings is 1. The van der Waals surface area contributed by atoms with Gasteiger partial charge in [-0.05, 0) is 53.0 Å². The van der Waals surface area contributed by atoms with Crippen LogP contribution in [0.3, 0.4) is 0 Å². The van der Waals surface area contributed by atoms with E-state index < -0.39 is 8.07 Å². The van der Waals surface area contributed by atoms with Gasteiger partial charge in [-0.3, -0.25) is 4.79 Å². The highest BCUT2D eigenvalue weighted by molar-refractivity contribution is 6.86. The van der Waals surface area contributed by atoms with E-state index in [1.807, 2.05) is 0 Å². The summed E-state index contributed by atoms with van der Waals surface area (Å²) in [6, 6.07) is 10.6. The Kier molecular flexibility index (Phi) is 8.98. The first-order valence-corrected chi connectivity index (χ1v) is 13.4. The van der Waals surface area contributed by atoms with Crippen molar-refractivity contribution in [2.24, 2.45) is 5.41 Å². The predicted octanol–water partition coefficient (Wildman–Crippen LogP) is 7.12. The van der Waals surface area contributed by atoms with Gasteiger partial charge in [0.15, 0.2) is 0 Å². The highest BCUT2D eigenvalue weighted by atomic mass is 28.3. The molecule has 0 spiro atoms. The third-order valence-corrected chi connectivity index (χ3v) is 11.9. The molecule has 0 saturated heterocycles. The molecule has 0 fully saturated rings. The zero-order valence-electron chi connectivity index (χ0n) is 19.3. The molecule has 0 bridgehead atoms. The number of hydrogen-bond acceptors (Lipinski definition) is 2. The Labute approximate surface area is 174 Å². The van der Waals surface area contributed by atoms with E-state index >= 15 is 0 Å². The van der Waals surface area contributed by atoms with Gasteiger partial charge in [-0.25, -0.2) is 0 Å². The van der Waals surface area contributed by atoms with Crippen LogP contribution in [0.5, 0.6) is 0 Å². The first kappa shape index (κ1) is 24.5. The van der Waals surface area contributed by atoms with Crippen LogP contribution in [0.1, 0.15) is 65.9 Å². The lowest BCUT2D eigenvalue weighted by molar-refractivity contribution is -0.143. The van der Waals surface area contributed by atoms with Crippen LogP contribution in [0.2, 0.25) is 18.1 Å². The molecule has 0 radical (unpaired) electrons. The van der Waals surface area contributed by atoms with Gasteiger partial charge in [0, 0.05) is 0 Å². The van der Waals surface area contributed by atoms with Gasteiger partial charge >= 0.3 is 5.97 Å². The molecule has 0 aliphatic heterocycles. The Morgan fingerprint density at radius 2 is 1.71 bits per heavy atom. The Bertz CT molecular complexity index is 687. The van der Waals surface area contributed by atoms with Gasteiger partial charge in [-0.15, -0.1) is 5.73 Å². The van der Waals surface area contributed by atoms with Crippen molar-refractivity contribution in [3.63, 3.8) is 0 Å². The first-order valence-electron chi connectivity index (χ1n) is 10.4. The molecule has 28 heavy (non-hydrogen) atoms. The van der Waals surface area contributed by atoms with Crippen LogP contribution in [-0.2, 0) is 16.0 Å². The molecule has 0 amide bonds. The molecule has 1 rings (SSSR count). The van der Waals surface area contributed by atoms with Crippen molar-refractivity contribution in [3.8, 4) is 0 Å². The van der Waals surface area contributed by atoms with Crippen LogP contribution < -0.4 is 0 Å². The molecule has 0 heterocycles. The van der Waals surface area contributed by atoms with E-state index in [-0.39, 0.29) is 16.4 Å². The Morgan fingerprint density at radius 1 is 1.11 bits per heavy atom. The summed E-state index contributed by atoms with van der Waals surface area (Å²) in [6.45, 7) is 16.3. The number of methoxy groups -OCH3 is 1. The molecule has 0 atom stereocenters. The smallest absolute Gasteiger partial charge is 0.306 e. The molecule has 1 aromatic carbocycles. The Hall–Kier alpha value is -1.57. The number of hydrogen-bond donors (Lipinski definition) is 0. The average molecular weight is 401 g/mol. The normalized spacial score (nSPS) is 12.3. The van der Waals surface area contributed by atoms with E-state index in [4.69, 9.17) is 4.74 Å². The molecule has 0 aliphatic carbocycles. The summed E-state index contributed by atoms with van der Waals surface area (Å²) in [6.07, 6.45) is 6.73. The standard InChI is InChI=1S/C25H40O2Si/c1-24(2,3)28(7,8)22(18-19-25(4,5)20-23(26)27-6)17-13-12-16-21-14-10-9-11-15-21/h9-11,13-15H,12,16,18-20H2,1-8H3. The monoisotopic (exact) mass is 400 g/mol. The van der Waals surface area contributed by atoms with Crippen LogP contribution in [0.4, 0.5) is 0 Å². The van der Waals surface area contributed by atoms with Crippen LogP contribution in [0.15, 0.2) is 47.3 Å². The van der Waals surface area contributed by atoms with Crippen LogP contribution in [-0.4, -0.2) is 21.2 Å². The molecule has 3 heteroatoms. The molecule has 1 aromatic rings. The quantitative estimate of drug-likeness (QED) is 0.250. The molecular formula is C25H40O2Si. The SMILES string of the molecule is COC(=O)CC(C)(C)CCC(=C=CCCc1ccccc1)[Si](C)(C)C(C)(C)C. The number of ether oxygens (including phenoxy) is 1. The Balaban J connectivity index is 2.96. The maximum absolute atomic E-state index is 11.7. The number of allylic oxidation sites excluding steroid dienone is 1. The largest absolute Gasteiger partial charge is 0.469 e. The molecule has 0 aliphatic rings. The second-order valence-corrected chi connectivity index (χ2v) is 15.5. The van der Waals surface area contributed by atoms with Crippen molar-refractivity contribution in [3.05, 3.63) is 52.9 Å². The molecule has 0 unspecified atom stereocenters. The zero-order valence-corrected chi connectivity index (χ0v) is 20.3. The summed E-state index contributed by atoms with van der Waals surface area (Å²) < 4.78 is 4.88. The van der Waals surface area contributed by atoms with Gasteiger partial charge < -0.3 is 4.74 Å². The lowest BCUT2D eigenvalue weighted by Crippen LogP contribution is -2.40. The summed E-state index contributed by atoms with van der Waals surface area (Å²) in [5, 5.41) is 1.75. The summed E-state index contributed by atoms with van der Waals surface area (Å²) in [4.78, 5) is 11.7. The number of aryl methyl sites for hydroxylation is 1. The minimum absolute atomic E-state index is 0.0631. The minimum atomic E-state index is -1.65. The van der Waals surface area contributed by atoms with Crippen molar-refractivity contribution in [2.45, 2.75) is 84.9 Å². The van der Waals surface area contributed by atoms with Crippen molar-refractivity contribution < 1.29 is 9.53 Å². The summed E-state index contributed by atoms with van der Waals surface area (Å²) in [5.74, 6) is -0.124. The molecular weight excluding hydrogens is 360 g/mol. The van der Waals surface area contributed by atoms with E-state index in [1.54, 1.807) is 0 Å². The van der Waals surface area contributed by atoms with E-state index in [1.165, 1.54) is 17.9 Å².